The van der Waals surface area contributed by atoms with Crippen LogP contribution in [0.4, 0.5) is 4.39 Å². The molecule has 1 aromatic rings. The van der Waals surface area contributed by atoms with Gasteiger partial charge in [-0.1, -0.05) is 24.3 Å². The zero-order valence-electron chi connectivity index (χ0n) is 8.07. The molecule has 0 aliphatic rings. The fourth-order valence-corrected chi connectivity index (χ4v) is 0.913. The molecule has 3 heteroatoms. The number of benzene rings is 1. The van der Waals surface area contributed by atoms with E-state index in [-0.39, 0.29) is 12.4 Å². The van der Waals surface area contributed by atoms with Crippen molar-refractivity contribution in [2.75, 3.05) is 6.61 Å². The van der Waals surface area contributed by atoms with Gasteiger partial charge in [-0.05, 0) is 24.6 Å². The number of hydrogen-bond donors (Lipinski definition) is 2. The maximum Gasteiger partial charge on any atom is 0.123 e. The van der Waals surface area contributed by atoms with E-state index in [9.17, 15) is 4.39 Å². The molecule has 1 atom stereocenters. The minimum Gasteiger partial charge on any atom is -0.394 e. The van der Waals surface area contributed by atoms with Crippen molar-refractivity contribution in [3.63, 3.8) is 0 Å². The Morgan fingerprint density at radius 1 is 1.43 bits per heavy atom. The van der Waals surface area contributed by atoms with Crippen LogP contribution >= 0.6 is 0 Å². The summed E-state index contributed by atoms with van der Waals surface area (Å²) in [6, 6.07) is 6.07. The van der Waals surface area contributed by atoms with E-state index in [1.807, 2.05) is 0 Å². The highest BCUT2D eigenvalue weighted by Crippen LogP contribution is 2.08. The SMILES string of the molecule is CC(N)(/C=C/c1ccc(F)cc1)CO. The molecule has 0 radical (unpaired) electrons. The summed E-state index contributed by atoms with van der Waals surface area (Å²) in [5, 5.41) is 8.88. The Morgan fingerprint density at radius 2 is 2.00 bits per heavy atom. The molecule has 76 valence electrons. The standard InChI is InChI=1S/C11H14FNO/c1-11(13,8-14)7-6-9-2-4-10(12)5-3-9/h2-7,14H,8,13H2,1H3/b7-6+. The molecule has 1 rings (SSSR count). The lowest BCUT2D eigenvalue weighted by Crippen LogP contribution is -2.37. The fourth-order valence-electron chi connectivity index (χ4n) is 0.913. The minimum absolute atomic E-state index is 0.120. The molecule has 14 heavy (non-hydrogen) atoms. The molecule has 2 nitrogen and oxygen atoms in total. The number of aliphatic hydroxyl groups is 1. The number of rotatable bonds is 3. The van der Waals surface area contributed by atoms with Gasteiger partial charge in [0.25, 0.3) is 0 Å². The van der Waals surface area contributed by atoms with Crippen molar-refractivity contribution in [3.8, 4) is 0 Å². The Bertz CT molecular complexity index is 317. The zero-order chi connectivity index (χ0) is 10.6. The zero-order valence-corrected chi connectivity index (χ0v) is 8.07. The van der Waals surface area contributed by atoms with Gasteiger partial charge in [0, 0.05) is 0 Å². The van der Waals surface area contributed by atoms with Crippen molar-refractivity contribution in [3.05, 3.63) is 41.7 Å². The molecule has 0 heterocycles. The first-order valence-corrected chi connectivity index (χ1v) is 4.38. The summed E-state index contributed by atoms with van der Waals surface area (Å²) < 4.78 is 12.5. The van der Waals surface area contributed by atoms with E-state index in [0.29, 0.717) is 0 Å². The normalized spacial score (nSPS) is 15.7. The third-order valence-corrected chi connectivity index (χ3v) is 1.87. The third-order valence-electron chi connectivity index (χ3n) is 1.87. The molecule has 0 saturated carbocycles. The molecule has 0 amide bonds. The topological polar surface area (TPSA) is 46.2 Å². The quantitative estimate of drug-likeness (QED) is 0.768. The van der Waals surface area contributed by atoms with E-state index in [4.69, 9.17) is 10.8 Å². The van der Waals surface area contributed by atoms with E-state index < -0.39 is 5.54 Å². The van der Waals surface area contributed by atoms with Crippen LogP contribution in [-0.2, 0) is 0 Å². The molecule has 1 unspecified atom stereocenters. The number of aliphatic hydroxyl groups excluding tert-OH is 1. The van der Waals surface area contributed by atoms with Crippen molar-refractivity contribution in [2.24, 2.45) is 5.73 Å². The summed E-state index contributed by atoms with van der Waals surface area (Å²) in [6.07, 6.45) is 3.45. The molecule has 0 saturated heterocycles. The van der Waals surface area contributed by atoms with Gasteiger partial charge in [0.05, 0.1) is 12.1 Å². The van der Waals surface area contributed by atoms with Crippen LogP contribution in [0.3, 0.4) is 0 Å². The predicted molar refractivity (Wildman–Crippen MR) is 55.1 cm³/mol. The van der Waals surface area contributed by atoms with Gasteiger partial charge >= 0.3 is 0 Å². The van der Waals surface area contributed by atoms with Crippen molar-refractivity contribution in [1.82, 2.24) is 0 Å². The molecule has 0 fully saturated rings. The fraction of sp³-hybridized carbons (Fsp3) is 0.273. The average Bonchev–Trinajstić information content (AvgIpc) is 2.17. The van der Waals surface area contributed by atoms with Crippen LogP contribution in [0, 0.1) is 5.82 Å². The Kier molecular flexibility index (Phi) is 3.38. The Hall–Kier alpha value is -1.19. The van der Waals surface area contributed by atoms with Crippen molar-refractivity contribution in [1.29, 1.82) is 0 Å². The smallest absolute Gasteiger partial charge is 0.123 e. The second-order valence-corrected chi connectivity index (χ2v) is 3.55. The Balaban J connectivity index is 2.74. The second kappa shape index (κ2) is 4.35. The second-order valence-electron chi connectivity index (χ2n) is 3.55. The third kappa shape index (κ3) is 3.28. The van der Waals surface area contributed by atoms with Crippen LogP contribution in [0.15, 0.2) is 30.3 Å². The largest absolute Gasteiger partial charge is 0.394 e. The lowest BCUT2D eigenvalue weighted by molar-refractivity contribution is 0.239. The maximum absolute atomic E-state index is 12.5. The number of nitrogens with two attached hydrogens (primary N) is 1. The van der Waals surface area contributed by atoms with E-state index in [0.717, 1.165) is 5.56 Å². The molecule has 0 aliphatic heterocycles. The molecule has 3 N–H and O–H groups in total. The summed E-state index contributed by atoms with van der Waals surface area (Å²) >= 11 is 0. The van der Waals surface area contributed by atoms with Gasteiger partial charge in [0.1, 0.15) is 5.82 Å². The first-order valence-electron chi connectivity index (χ1n) is 4.38. The molecule has 0 spiro atoms. The summed E-state index contributed by atoms with van der Waals surface area (Å²) in [5.41, 5.74) is 5.81. The Labute approximate surface area is 82.9 Å². The van der Waals surface area contributed by atoms with Crippen molar-refractivity contribution < 1.29 is 9.50 Å². The lowest BCUT2D eigenvalue weighted by atomic mass is 10.0. The van der Waals surface area contributed by atoms with E-state index >= 15 is 0 Å². The first-order chi connectivity index (χ1) is 6.53. The van der Waals surface area contributed by atoms with Gasteiger partial charge in [-0.2, -0.15) is 0 Å². The highest BCUT2D eigenvalue weighted by atomic mass is 19.1. The van der Waals surface area contributed by atoms with Crippen molar-refractivity contribution in [2.45, 2.75) is 12.5 Å². The predicted octanol–water partition coefficient (Wildman–Crippen LogP) is 1.55. The minimum atomic E-state index is -0.728. The summed E-state index contributed by atoms with van der Waals surface area (Å²) in [5.74, 6) is -0.264. The van der Waals surface area contributed by atoms with Gasteiger partial charge in [-0.15, -0.1) is 0 Å². The van der Waals surface area contributed by atoms with Gasteiger partial charge in [0.2, 0.25) is 0 Å². The summed E-state index contributed by atoms with van der Waals surface area (Å²) in [7, 11) is 0. The van der Waals surface area contributed by atoms with Crippen LogP contribution in [-0.4, -0.2) is 17.3 Å². The van der Waals surface area contributed by atoms with Crippen LogP contribution in [0.1, 0.15) is 12.5 Å². The molecule has 1 aromatic carbocycles. The van der Waals surface area contributed by atoms with E-state index in [1.54, 1.807) is 31.2 Å². The van der Waals surface area contributed by atoms with Gasteiger partial charge in [-0.25, -0.2) is 4.39 Å². The van der Waals surface area contributed by atoms with Crippen LogP contribution in [0.5, 0.6) is 0 Å². The van der Waals surface area contributed by atoms with E-state index in [2.05, 4.69) is 0 Å². The summed E-state index contributed by atoms with van der Waals surface area (Å²) in [4.78, 5) is 0. The maximum atomic E-state index is 12.5. The Morgan fingerprint density at radius 3 is 2.50 bits per heavy atom. The first kappa shape index (κ1) is 10.9. The molecule has 0 aromatic heterocycles. The lowest BCUT2D eigenvalue weighted by Gasteiger charge is -2.15. The van der Waals surface area contributed by atoms with Gasteiger partial charge in [-0.3, -0.25) is 0 Å². The van der Waals surface area contributed by atoms with E-state index in [1.165, 1.54) is 12.1 Å². The number of hydrogen-bond acceptors (Lipinski definition) is 2. The average molecular weight is 195 g/mol. The van der Waals surface area contributed by atoms with Crippen LogP contribution in [0.25, 0.3) is 6.08 Å². The van der Waals surface area contributed by atoms with Crippen molar-refractivity contribution >= 4 is 6.08 Å². The monoisotopic (exact) mass is 195 g/mol. The number of halogens is 1. The van der Waals surface area contributed by atoms with Gasteiger partial charge in [0.15, 0.2) is 0 Å². The molecular weight excluding hydrogens is 181 g/mol. The molecule has 0 aliphatic carbocycles. The summed E-state index contributed by atoms with van der Waals surface area (Å²) in [6.45, 7) is 1.59. The van der Waals surface area contributed by atoms with Crippen LogP contribution in [0.2, 0.25) is 0 Å². The molecule has 0 bridgehead atoms. The highest BCUT2D eigenvalue weighted by Gasteiger charge is 2.11. The van der Waals surface area contributed by atoms with Crippen LogP contribution < -0.4 is 5.73 Å². The highest BCUT2D eigenvalue weighted by molar-refractivity contribution is 5.50. The van der Waals surface area contributed by atoms with Gasteiger partial charge < -0.3 is 10.8 Å². The molecular formula is C11H14FNO.